The van der Waals surface area contributed by atoms with Crippen molar-refractivity contribution >= 4 is 22.6 Å². The fourth-order valence-corrected chi connectivity index (χ4v) is 4.87. The summed E-state index contributed by atoms with van der Waals surface area (Å²) in [5.74, 6) is 0.257. The molecule has 0 atom stereocenters. The zero-order valence-electron chi connectivity index (χ0n) is 22.2. The Morgan fingerprint density at radius 3 is 2.58 bits per heavy atom. The summed E-state index contributed by atoms with van der Waals surface area (Å²) in [6, 6.07) is 11.5. The molecule has 0 spiro atoms. The normalized spacial score (nSPS) is 15.5. The number of fused-ring (bicyclic) bond motifs is 1. The van der Waals surface area contributed by atoms with Crippen molar-refractivity contribution in [3.63, 3.8) is 0 Å². The van der Waals surface area contributed by atoms with Crippen LogP contribution < -0.4 is 0 Å². The third-order valence-electron chi connectivity index (χ3n) is 6.77. The van der Waals surface area contributed by atoms with Crippen molar-refractivity contribution in [2.75, 3.05) is 13.1 Å². The molecular formula is C30H38FN3O2. The summed E-state index contributed by atoms with van der Waals surface area (Å²) in [4.78, 5) is 14.2. The fraction of sp³-hybridized carbons (Fsp3) is 0.467. The first-order valence-electron chi connectivity index (χ1n) is 13.0. The number of carbonyl (C=O) groups is 1. The average molecular weight is 492 g/mol. The number of amides is 1. The molecular weight excluding hydrogens is 453 g/mol. The summed E-state index contributed by atoms with van der Waals surface area (Å²) in [6.45, 7) is 12.1. The largest absolute Gasteiger partial charge is 0.444 e. The maximum Gasteiger partial charge on any atom is 0.410 e. The monoisotopic (exact) mass is 491 g/mol. The van der Waals surface area contributed by atoms with E-state index in [0.717, 1.165) is 65.4 Å². The molecule has 1 aliphatic rings. The number of carbonyl (C=O) groups excluding carboxylic acids is 1. The van der Waals surface area contributed by atoms with Gasteiger partial charge in [-0.3, -0.25) is 4.68 Å². The molecule has 1 saturated heterocycles. The van der Waals surface area contributed by atoms with Gasteiger partial charge in [0, 0.05) is 25.0 Å². The van der Waals surface area contributed by atoms with E-state index in [0.29, 0.717) is 19.0 Å². The summed E-state index contributed by atoms with van der Waals surface area (Å²) in [5, 5.41) is 5.80. The summed E-state index contributed by atoms with van der Waals surface area (Å²) in [7, 11) is 0. The Morgan fingerprint density at radius 1 is 1.17 bits per heavy atom. The van der Waals surface area contributed by atoms with E-state index >= 15 is 0 Å². The summed E-state index contributed by atoms with van der Waals surface area (Å²) >= 11 is 0. The van der Waals surface area contributed by atoms with Gasteiger partial charge in [0.2, 0.25) is 0 Å². The van der Waals surface area contributed by atoms with Gasteiger partial charge in [-0.1, -0.05) is 31.6 Å². The second-order valence-electron chi connectivity index (χ2n) is 10.9. The van der Waals surface area contributed by atoms with Crippen LogP contribution in [0.15, 0.2) is 48.7 Å². The molecule has 0 unspecified atom stereocenters. The van der Waals surface area contributed by atoms with Crippen molar-refractivity contribution in [2.24, 2.45) is 5.92 Å². The third-order valence-corrected chi connectivity index (χ3v) is 6.77. The van der Waals surface area contributed by atoms with Crippen LogP contribution >= 0.6 is 0 Å². The minimum Gasteiger partial charge on any atom is -0.444 e. The average Bonchev–Trinajstić information content (AvgIpc) is 3.21. The maximum atomic E-state index is 13.7. The lowest BCUT2D eigenvalue weighted by Gasteiger charge is -2.33. The van der Waals surface area contributed by atoms with Crippen molar-refractivity contribution < 1.29 is 13.9 Å². The molecule has 0 bridgehead atoms. The molecule has 1 amide bonds. The number of hydrogen-bond acceptors (Lipinski definition) is 3. The molecule has 4 rings (SSSR count). The lowest BCUT2D eigenvalue weighted by molar-refractivity contribution is 0.0177. The second-order valence-corrected chi connectivity index (χ2v) is 10.9. The zero-order chi connectivity index (χ0) is 25.9. The number of allylic oxidation sites excluding steroid dienone is 1. The smallest absolute Gasteiger partial charge is 0.410 e. The number of aryl methyl sites for hydroxylation is 1. The summed E-state index contributed by atoms with van der Waals surface area (Å²) in [6.07, 6.45) is 7.86. The van der Waals surface area contributed by atoms with Gasteiger partial charge in [-0.15, -0.1) is 0 Å². The van der Waals surface area contributed by atoms with E-state index in [9.17, 15) is 9.18 Å². The van der Waals surface area contributed by atoms with E-state index in [-0.39, 0.29) is 11.9 Å². The summed E-state index contributed by atoms with van der Waals surface area (Å²) < 4.78 is 21.4. The number of aromatic nitrogens is 2. The molecule has 1 aliphatic heterocycles. The first-order valence-corrected chi connectivity index (χ1v) is 13.0. The molecule has 0 radical (unpaired) electrons. The highest BCUT2D eigenvalue weighted by atomic mass is 19.1. The van der Waals surface area contributed by atoms with Crippen molar-refractivity contribution in [1.82, 2.24) is 14.7 Å². The number of nitrogens with zero attached hydrogens (tertiary/aromatic N) is 3. The Kier molecular flexibility index (Phi) is 7.82. The highest BCUT2D eigenvalue weighted by molar-refractivity contribution is 5.88. The van der Waals surface area contributed by atoms with Crippen molar-refractivity contribution in [3.8, 4) is 0 Å². The van der Waals surface area contributed by atoms with Crippen LogP contribution in [0.5, 0.6) is 0 Å². The molecule has 36 heavy (non-hydrogen) atoms. The van der Waals surface area contributed by atoms with Crippen LogP contribution in [0.2, 0.25) is 0 Å². The second kappa shape index (κ2) is 10.9. The van der Waals surface area contributed by atoms with Crippen LogP contribution in [0.3, 0.4) is 0 Å². The minimum atomic E-state index is -0.470. The van der Waals surface area contributed by atoms with Gasteiger partial charge in [0.05, 0.1) is 11.7 Å². The number of halogens is 1. The Morgan fingerprint density at radius 2 is 1.92 bits per heavy atom. The predicted molar refractivity (Wildman–Crippen MR) is 143 cm³/mol. The van der Waals surface area contributed by atoms with Crippen LogP contribution in [0, 0.1) is 18.7 Å². The van der Waals surface area contributed by atoms with Crippen molar-refractivity contribution in [1.29, 1.82) is 0 Å². The Balaban J connectivity index is 1.49. The van der Waals surface area contributed by atoms with Crippen LogP contribution in [-0.4, -0.2) is 39.5 Å². The van der Waals surface area contributed by atoms with Gasteiger partial charge in [-0.05, 0) is 99.4 Å². The molecule has 0 aliphatic carbocycles. The summed E-state index contributed by atoms with van der Waals surface area (Å²) in [5.41, 5.74) is 4.90. The van der Waals surface area contributed by atoms with Gasteiger partial charge in [0.15, 0.2) is 0 Å². The molecule has 5 nitrogen and oxygen atoms in total. The number of benzene rings is 2. The van der Waals surface area contributed by atoms with E-state index in [1.807, 2.05) is 44.9 Å². The highest BCUT2D eigenvalue weighted by Crippen LogP contribution is 2.30. The lowest BCUT2D eigenvalue weighted by Crippen LogP contribution is -2.42. The van der Waals surface area contributed by atoms with Gasteiger partial charge in [-0.25, -0.2) is 9.18 Å². The first-order chi connectivity index (χ1) is 17.1. The molecule has 3 aromatic rings. The number of ether oxygens (including phenoxy) is 1. The van der Waals surface area contributed by atoms with Crippen molar-refractivity contribution in [3.05, 3.63) is 71.2 Å². The lowest BCUT2D eigenvalue weighted by atomic mass is 9.92. The number of unbranched alkanes of at least 4 members (excludes halogenated alkanes) is 1. The van der Waals surface area contributed by atoms with Gasteiger partial charge in [-0.2, -0.15) is 5.10 Å². The number of rotatable bonds is 6. The quantitative estimate of drug-likeness (QED) is 0.362. The zero-order valence-corrected chi connectivity index (χ0v) is 22.2. The van der Waals surface area contributed by atoms with Gasteiger partial charge >= 0.3 is 6.09 Å². The molecule has 0 saturated carbocycles. The van der Waals surface area contributed by atoms with Crippen LogP contribution in [0.1, 0.15) is 70.1 Å². The predicted octanol–water partition coefficient (Wildman–Crippen LogP) is 7.36. The van der Waals surface area contributed by atoms with Gasteiger partial charge in [0.25, 0.3) is 0 Å². The molecule has 2 aromatic carbocycles. The minimum absolute atomic E-state index is 0.209. The van der Waals surface area contributed by atoms with E-state index in [1.54, 1.807) is 6.07 Å². The Labute approximate surface area is 213 Å². The van der Waals surface area contributed by atoms with E-state index in [1.165, 1.54) is 6.07 Å². The highest BCUT2D eigenvalue weighted by Gasteiger charge is 2.27. The standard InChI is InChI=1S/C30H38FN3O2/c1-6-7-8-27(26-11-10-25(31)17-21(26)2)23-9-12-28-24(18-23)19-32-34(28)20-22-13-15-33(16-14-22)29(35)36-30(3,4)5/h8-12,17-19,22H,6-7,13-16,20H2,1-5H3/b27-8-. The SMILES string of the molecule is CCC/C=C(/c1ccc2c(cnn2CC2CCN(C(=O)OC(C)(C)C)CC2)c1)c1ccc(F)cc1C. The Bertz CT molecular complexity index is 1250. The topological polar surface area (TPSA) is 47.4 Å². The Hall–Kier alpha value is -3.15. The van der Waals surface area contributed by atoms with Crippen LogP contribution in [-0.2, 0) is 11.3 Å². The third kappa shape index (κ3) is 6.15. The molecule has 2 heterocycles. The van der Waals surface area contributed by atoms with Crippen LogP contribution in [0.25, 0.3) is 16.5 Å². The maximum absolute atomic E-state index is 13.7. The van der Waals surface area contributed by atoms with Gasteiger partial charge < -0.3 is 9.64 Å². The fourth-order valence-electron chi connectivity index (χ4n) is 4.87. The number of piperidine rings is 1. The number of likely N-dealkylation sites (tertiary alicyclic amines) is 1. The number of hydrogen-bond donors (Lipinski definition) is 0. The molecule has 192 valence electrons. The molecule has 0 N–H and O–H groups in total. The molecule has 6 heteroatoms. The van der Waals surface area contributed by atoms with E-state index < -0.39 is 5.60 Å². The van der Waals surface area contributed by atoms with E-state index in [2.05, 4.69) is 35.9 Å². The molecule has 1 aromatic heterocycles. The van der Waals surface area contributed by atoms with Crippen molar-refractivity contribution in [2.45, 2.75) is 72.4 Å². The van der Waals surface area contributed by atoms with Crippen LogP contribution in [0.4, 0.5) is 9.18 Å². The van der Waals surface area contributed by atoms with Gasteiger partial charge in [0.1, 0.15) is 11.4 Å². The molecule has 1 fully saturated rings. The van der Waals surface area contributed by atoms with E-state index in [4.69, 9.17) is 9.84 Å². The first kappa shape index (κ1) is 25.9.